The molecule has 1 aromatic heterocycles. The zero-order chi connectivity index (χ0) is 13.8. The molecule has 0 amide bonds. The summed E-state index contributed by atoms with van der Waals surface area (Å²) in [6.07, 6.45) is -3.80. The Hall–Kier alpha value is -1.50. The van der Waals surface area contributed by atoms with Crippen molar-refractivity contribution < 1.29 is 22.7 Å². The van der Waals surface area contributed by atoms with E-state index in [0.29, 0.717) is 6.29 Å². The molecule has 0 unspecified atom stereocenters. The molecule has 0 aromatic carbocycles. The number of hydrogen-bond donors (Lipinski definition) is 0. The van der Waals surface area contributed by atoms with Crippen LogP contribution in [0.15, 0.2) is 12.1 Å². The van der Waals surface area contributed by atoms with Gasteiger partial charge in [-0.25, -0.2) is 4.98 Å². The van der Waals surface area contributed by atoms with Gasteiger partial charge < -0.3 is 9.64 Å². The first-order valence-corrected chi connectivity index (χ1v) is 5.22. The lowest BCUT2D eigenvalue weighted by molar-refractivity contribution is -0.119. The van der Waals surface area contributed by atoms with E-state index in [1.807, 2.05) is 0 Å². The fourth-order valence-corrected chi connectivity index (χ4v) is 1.41. The molecule has 8 heteroatoms. The summed E-state index contributed by atoms with van der Waals surface area (Å²) in [5.41, 5.74) is 0. The van der Waals surface area contributed by atoms with Gasteiger partial charge in [0.05, 0.1) is 0 Å². The molecule has 0 N–H and O–H groups in total. The molecule has 1 rings (SSSR count). The summed E-state index contributed by atoms with van der Waals surface area (Å²) in [5, 5.41) is -0.0941. The molecule has 0 aliphatic rings. The van der Waals surface area contributed by atoms with Gasteiger partial charge in [0.15, 0.2) is 17.2 Å². The van der Waals surface area contributed by atoms with Gasteiger partial charge in [0.25, 0.3) is 0 Å². The maximum Gasteiger partial charge on any atom is 0.405 e. The van der Waals surface area contributed by atoms with Crippen molar-refractivity contribution in [1.29, 1.82) is 0 Å². The molecule has 4 nitrogen and oxygen atoms in total. The summed E-state index contributed by atoms with van der Waals surface area (Å²) in [6.45, 7) is -1.33. The van der Waals surface area contributed by atoms with Crippen molar-refractivity contribution in [3.63, 3.8) is 0 Å². The number of nitrogens with zero attached hydrogens (tertiary/aromatic N) is 2. The first-order valence-electron chi connectivity index (χ1n) is 4.84. The second kappa shape index (κ2) is 5.90. The van der Waals surface area contributed by atoms with E-state index in [4.69, 9.17) is 16.3 Å². The molecular formula is C10H10ClF3N2O2. The lowest BCUT2D eigenvalue weighted by Gasteiger charge is -2.20. The molecule has 0 bridgehead atoms. The third-order valence-corrected chi connectivity index (χ3v) is 2.19. The van der Waals surface area contributed by atoms with Crippen LogP contribution in [0.3, 0.4) is 0 Å². The number of carbonyl (C=O) groups is 1. The van der Waals surface area contributed by atoms with Gasteiger partial charge in [0.2, 0.25) is 0 Å². The van der Waals surface area contributed by atoms with Crippen LogP contribution in [0.4, 0.5) is 19.0 Å². The Bertz CT molecular complexity index is 426. The van der Waals surface area contributed by atoms with Crippen LogP contribution in [0.2, 0.25) is 5.15 Å². The SMILES string of the molecule is CN(CC(F)(F)F)c1ccc(OCC=O)c(Cl)n1. The summed E-state index contributed by atoms with van der Waals surface area (Å²) in [6, 6.07) is 2.69. The number of aldehydes is 1. The molecule has 0 spiro atoms. The number of pyridine rings is 1. The zero-order valence-electron chi connectivity index (χ0n) is 9.37. The molecular weight excluding hydrogens is 273 g/mol. The average Bonchev–Trinajstić information content (AvgIpc) is 2.25. The lowest BCUT2D eigenvalue weighted by atomic mass is 10.4. The van der Waals surface area contributed by atoms with Crippen molar-refractivity contribution in [2.75, 3.05) is 25.1 Å². The second-order valence-corrected chi connectivity index (χ2v) is 3.77. The predicted molar refractivity (Wildman–Crippen MR) is 60.1 cm³/mol. The van der Waals surface area contributed by atoms with Gasteiger partial charge in [-0.3, -0.25) is 4.79 Å². The maximum atomic E-state index is 12.2. The van der Waals surface area contributed by atoms with Gasteiger partial charge in [0.1, 0.15) is 19.0 Å². The van der Waals surface area contributed by atoms with Crippen LogP contribution in [0.1, 0.15) is 0 Å². The van der Waals surface area contributed by atoms with Crippen molar-refractivity contribution in [2.24, 2.45) is 0 Å². The number of alkyl halides is 3. The number of aromatic nitrogens is 1. The number of carbonyl (C=O) groups excluding carboxylic acids is 1. The first kappa shape index (κ1) is 14.6. The van der Waals surface area contributed by atoms with Crippen molar-refractivity contribution >= 4 is 23.7 Å². The second-order valence-electron chi connectivity index (χ2n) is 3.41. The van der Waals surface area contributed by atoms with E-state index in [1.165, 1.54) is 19.2 Å². The third-order valence-electron chi connectivity index (χ3n) is 1.91. The summed E-state index contributed by atoms with van der Waals surface area (Å²) < 4.78 is 41.4. The number of anilines is 1. The van der Waals surface area contributed by atoms with Crippen molar-refractivity contribution in [1.82, 2.24) is 4.98 Å². The van der Waals surface area contributed by atoms with Crippen LogP contribution in [-0.2, 0) is 4.79 Å². The Morgan fingerprint density at radius 3 is 2.67 bits per heavy atom. The number of rotatable bonds is 5. The number of halogens is 4. The minimum Gasteiger partial charge on any atom is -0.483 e. The van der Waals surface area contributed by atoms with E-state index in [1.54, 1.807) is 0 Å². The van der Waals surface area contributed by atoms with Crippen molar-refractivity contribution in [3.05, 3.63) is 17.3 Å². The highest BCUT2D eigenvalue weighted by Gasteiger charge is 2.29. The minimum atomic E-state index is -4.32. The van der Waals surface area contributed by atoms with E-state index >= 15 is 0 Å². The number of ether oxygens (including phenoxy) is 1. The molecule has 0 atom stereocenters. The molecule has 0 fully saturated rings. The molecule has 100 valence electrons. The van der Waals surface area contributed by atoms with E-state index in [-0.39, 0.29) is 23.3 Å². The molecule has 18 heavy (non-hydrogen) atoms. The standard InChI is InChI=1S/C10H10ClF3N2O2/c1-16(6-10(12,13)14)8-3-2-7(9(11)15-8)18-5-4-17/h2-4H,5-6H2,1H3. The Kier molecular flexibility index (Phi) is 4.77. The molecule has 0 saturated heterocycles. The van der Waals surface area contributed by atoms with Gasteiger partial charge >= 0.3 is 6.18 Å². The van der Waals surface area contributed by atoms with Crippen LogP contribution >= 0.6 is 11.6 Å². The maximum absolute atomic E-state index is 12.2. The van der Waals surface area contributed by atoms with Crippen LogP contribution in [0.25, 0.3) is 0 Å². The molecule has 1 heterocycles. The fourth-order valence-electron chi connectivity index (χ4n) is 1.21. The Morgan fingerprint density at radius 2 is 2.17 bits per heavy atom. The normalized spacial score (nSPS) is 11.2. The molecule has 0 saturated carbocycles. The quantitative estimate of drug-likeness (QED) is 0.614. The Balaban J connectivity index is 2.80. The number of hydrogen-bond acceptors (Lipinski definition) is 4. The predicted octanol–water partition coefficient (Wildman–Crippen LogP) is 2.31. The molecule has 0 radical (unpaired) electrons. The van der Waals surface area contributed by atoms with E-state index in [0.717, 1.165) is 4.90 Å². The summed E-state index contributed by atoms with van der Waals surface area (Å²) in [4.78, 5) is 14.8. The third kappa shape index (κ3) is 4.40. The first-order chi connectivity index (χ1) is 8.33. The van der Waals surface area contributed by atoms with Crippen LogP contribution in [0.5, 0.6) is 5.75 Å². The topological polar surface area (TPSA) is 42.4 Å². The highest BCUT2D eigenvalue weighted by Crippen LogP contribution is 2.26. The smallest absolute Gasteiger partial charge is 0.405 e. The monoisotopic (exact) mass is 282 g/mol. The Morgan fingerprint density at radius 1 is 1.50 bits per heavy atom. The Labute approximate surface area is 106 Å². The van der Waals surface area contributed by atoms with E-state index in [9.17, 15) is 18.0 Å². The molecule has 0 aliphatic heterocycles. The van der Waals surface area contributed by atoms with E-state index < -0.39 is 12.7 Å². The average molecular weight is 283 g/mol. The van der Waals surface area contributed by atoms with Crippen molar-refractivity contribution in [2.45, 2.75) is 6.18 Å². The van der Waals surface area contributed by atoms with Gasteiger partial charge in [-0.2, -0.15) is 13.2 Å². The summed E-state index contributed by atoms with van der Waals surface area (Å²) in [5.74, 6) is 0.212. The highest BCUT2D eigenvalue weighted by molar-refractivity contribution is 6.30. The van der Waals surface area contributed by atoms with Gasteiger partial charge in [-0.1, -0.05) is 11.6 Å². The van der Waals surface area contributed by atoms with E-state index in [2.05, 4.69) is 4.98 Å². The zero-order valence-corrected chi connectivity index (χ0v) is 10.1. The highest BCUT2D eigenvalue weighted by atomic mass is 35.5. The van der Waals surface area contributed by atoms with Crippen LogP contribution < -0.4 is 9.64 Å². The summed E-state index contributed by atoms with van der Waals surface area (Å²) in [7, 11) is 1.25. The minimum absolute atomic E-state index is 0.0655. The van der Waals surface area contributed by atoms with Crippen LogP contribution in [-0.4, -0.2) is 37.6 Å². The van der Waals surface area contributed by atoms with Gasteiger partial charge in [0, 0.05) is 7.05 Å². The largest absolute Gasteiger partial charge is 0.483 e. The molecule has 0 aliphatic carbocycles. The lowest BCUT2D eigenvalue weighted by Crippen LogP contribution is -2.31. The van der Waals surface area contributed by atoms with Crippen molar-refractivity contribution in [3.8, 4) is 5.75 Å². The fraction of sp³-hybridized carbons (Fsp3) is 0.400. The van der Waals surface area contributed by atoms with Gasteiger partial charge in [-0.15, -0.1) is 0 Å². The van der Waals surface area contributed by atoms with Crippen LogP contribution in [0, 0.1) is 0 Å². The summed E-state index contributed by atoms with van der Waals surface area (Å²) >= 11 is 5.72. The van der Waals surface area contributed by atoms with Gasteiger partial charge in [-0.05, 0) is 12.1 Å². The molecule has 1 aromatic rings.